The van der Waals surface area contributed by atoms with Crippen LogP contribution in [0.25, 0.3) is 11.1 Å². The number of phenolic OH excluding ortho intramolecular Hbond substituents is 1. The summed E-state index contributed by atoms with van der Waals surface area (Å²) in [6.07, 6.45) is 0.581. The largest absolute Gasteiger partial charge is 0.508 e. The zero-order valence-corrected chi connectivity index (χ0v) is 21.3. The Balaban J connectivity index is 1.38. The van der Waals surface area contributed by atoms with Gasteiger partial charge in [-0.15, -0.1) is 0 Å². The van der Waals surface area contributed by atoms with Gasteiger partial charge in [0.25, 0.3) is 0 Å². The molecule has 0 aliphatic carbocycles. The van der Waals surface area contributed by atoms with Crippen molar-refractivity contribution in [3.05, 3.63) is 88.4 Å². The molecule has 0 radical (unpaired) electrons. The first-order valence-corrected chi connectivity index (χ1v) is 12.8. The fourth-order valence-corrected chi connectivity index (χ4v) is 5.34. The topological polar surface area (TPSA) is 41.9 Å². The third-order valence-electron chi connectivity index (χ3n) is 7.25. The molecule has 5 rings (SSSR count). The number of fused-ring (bicyclic) bond motifs is 1. The van der Waals surface area contributed by atoms with Crippen LogP contribution in [0.15, 0.2) is 66.7 Å². The molecule has 0 bridgehead atoms. The molecule has 1 N–H and O–H groups in total. The van der Waals surface area contributed by atoms with Gasteiger partial charge in [0.15, 0.2) is 0 Å². The molecule has 0 saturated carbocycles. The molecule has 4 nitrogen and oxygen atoms in total. The van der Waals surface area contributed by atoms with Crippen molar-refractivity contribution in [1.82, 2.24) is 4.90 Å². The molecule has 3 aromatic carbocycles. The Kier molecular flexibility index (Phi) is 7.22. The van der Waals surface area contributed by atoms with E-state index in [-0.39, 0.29) is 30.5 Å². The van der Waals surface area contributed by atoms with E-state index >= 15 is 0 Å². The Morgan fingerprint density at radius 1 is 1.14 bits per heavy atom. The van der Waals surface area contributed by atoms with Gasteiger partial charge in [0.2, 0.25) is 0 Å². The second kappa shape index (κ2) is 10.5. The molecule has 0 aromatic heterocycles. The van der Waals surface area contributed by atoms with E-state index < -0.39 is 0 Å². The smallest absolute Gasteiger partial charge is 0.150 e. The molecular formula is C30H31ClFNO3. The number of alkyl halides is 1. The molecule has 36 heavy (non-hydrogen) atoms. The van der Waals surface area contributed by atoms with Crippen LogP contribution in [-0.2, 0) is 0 Å². The lowest BCUT2D eigenvalue weighted by atomic mass is 9.86. The summed E-state index contributed by atoms with van der Waals surface area (Å²) in [6, 6.07) is 21.2. The Labute approximate surface area is 216 Å². The highest BCUT2D eigenvalue weighted by Gasteiger charge is 2.30. The maximum absolute atomic E-state index is 13.0. The minimum Gasteiger partial charge on any atom is -0.508 e. The Bertz CT molecular complexity index is 1260. The van der Waals surface area contributed by atoms with Gasteiger partial charge in [-0.25, -0.2) is 0 Å². The van der Waals surface area contributed by atoms with Crippen LogP contribution in [0.4, 0.5) is 4.39 Å². The van der Waals surface area contributed by atoms with E-state index in [1.165, 1.54) is 0 Å². The van der Waals surface area contributed by atoms with Gasteiger partial charge in [-0.2, -0.15) is 0 Å². The normalized spacial score (nSPS) is 20.7. The van der Waals surface area contributed by atoms with Crippen molar-refractivity contribution in [1.29, 1.82) is 0 Å². The lowest BCUT2D eigenvalue weighted by Crippen LogP contribution is -2.35. The standard InChI is InChI=1S/C30H31ClFNO3/c1-19(33-13-12-21(16-32)17-33)18-35-26-9-6-22(7-10-26)30-29(23-4-3-5-24(31)14-23)20(2)27-15-25(34)8-11-28(27)36-30/h3-11,14-15,19,21,30,34H,12-13,16-18H2,1-2H3. The van der Waals surface area contributed by atoms with Crippen molar-refractivity contribution in [2.24, 2.45) is 5.92 Å². The number of ether oxygens (including phenoxy) is 2. The van der Waals surface area contributed by atoms with Crippen LogP contribution < -0.4 is 9.47 Å². The van der Waals surface area contributed by atoms with Crippen LogP contribution in [0, 0.1) is 5.92 Å². The number of rotatable bonds is 7. The predicted molar refractivity (Wildman–Crippen MR) is 142 cm³/mol. The summed E-state index contributed by atoms with van der Waals surface area (Å²) in [5.41, 5.74) is 4.88. The highest BCUT2D eigenvalue weighted by molar-refractivity contribution is 6.30. The number of benzene rings is 3. The summed E-state index contributed by atoms with van der Waals surface area (Å²) in [7, 11) is 0. The average Bonchev–Trinajstić information content (AvgIpc) is 3.37. The number of nitrogens with zero attached hydrogens (tertiary/aromatic N) is 1. The van der Waals surface area contributed by atoms with Crippen molar-refractivity contribution in [3.8, 4) is 17.2 Å². The molecule has 3 aromatic rings. The molecule has 0 amide bonds. The SMILES string of the molecule is CC1=C(c2cccc(Cl)c2)C(c2ccc(OCC(C)N3CCC(CF)C3)cc2)Oc2ccc(O)cc21. The summed E-state index contributed by atoms with van der Waals surface area (Å²) < 4.78 is 25.5. The number of halogens is 2. The number of hydrogen-bond acceptors (Lipinski definition) is 4. The second-order valence-electron chi connectivity index (χ2n) is 9.76. The van der Waals surface area contributed by atoms with Gasteiger partial charge in [0.1, 0.15) is 30.0 Å². The fourth-order valence-electron chi connectivity index (χ4n) is 5.15. The van der Waals surface area contributed by atoms with E-state index in [9.17, 15) is 9.50 Å². The van der Waals surface area contributed by atoms with Gasteiger partial charge in [0.05, 0.1) is 6.67 Å². The maximum atomic E-state index is 13.0. The van der Waals surface area contributed by atoms with Crippen molar-refractivity contribution >= 4 is 22.7 Å². The highest BCUT2D eigenvalue weighted by Crippen LogP contribution is 2.47. The minimum absolute atomic E-state index is 0.154. The minimum atomic E-state index is -0.337. The first-order chi connectivity index (χ1) is 17.4. The van der Waals surface area contributed by atoms with E-state index in [1.54, 1.807) is 18.2 Å². The summed E-state index contributed by atoms with van der Waals surface area (Å²) in [5.74, 6) is 1.87. The van der Waals surface area contributed by atoms with E-state index in [0.29, 0.717) is 11.6 Å². The number of phenols is 1. The highest BCUT2D eigenvalue weighted by atomic mass is 35.5. The Hall–Kier alpha value is -3.02. The molecule has 2 aliphatic heterocycles. The number of allylic oxidation sites excluding steroid dienone is 1. The third-order valence-corrected chi connectivity index (χ3v) is 7.48. The Morgan fingerprint density at radius 2 is 1.94 bits per heavy atom. The summed E-state index contributed by atoms with van der Waals surface area (Å²) in [5, 5.41) is 10.7. The molecule has 188 valence electrons. The summed E-state index contributed by atoms with van der Waals surface area (Å²) >= 11 is 6.33. The molecule has 3 atom stereocenters. The van der Waals surface area contributed by atoms with Crippen LogP contribution in [0.3, 0.4) is 0 Å². The van der Waals surface area contributed by atoms with Gasteiger partial charge in [-0.1, -0.05) is 35.9 Å². The lowest BCUT2D eigenvalue weighted by Gasteiger charge is -2.31. The predicted octanol–water partition coefficient (Wildman–Crippen LogP) is 7.17. The summed E-state index contributed by atoms with van der Waals surface area (Å²) in [6.45, 7) is 6.22. The van der Waals surface area contributed by atoms with Crippen molar-refractivity contribution in [2.45, 2.75) is 32.4 Å². The number of aromatic hydroxyl groups is 1. The quantitative estimate of drug-likeness (QED) is 0.368. The van der Waals surface area contributed by atoms with E-state index in [0.717, 1.165) is 58.8 Å². The van der Waals surface area contributed by atoms with E-state index in [1.807, 2.05) is 48.5 Å². The molecule has 1 fully saturated rings. The second-order valence-corrected chi connectivity index (χ2v) is 10.2. The maximum Gasteiger partial charge on any atom is 0.150 e. The van der Waals surface area contributed by atoms with E-state index in [4.69, 9.17) is 21.1 Å². The van der Waals surface area contributed by atoms with Gasteiger partial charge in [0, 0.05) is 34.7 Å². The molecule has 3 unspecified atom stereocenters. The zero-order chi connectivity index (χ0) is 25.2. The van der Waals surface area contributed by atoms with Gasteiger partial charge < -0.3 is 14.6 Å². The van der Waals surface area contributed by atoms with Crippen LogP contribution in [0.1, 0.15) is 43.1 Å². The van der Waals surface area contributed by atoms with Gasteiger partial charge >= 0.3 is 0 Å². The van der Waals surface area contributed by atoms with Crippen LogP contribution in [0.2, 0.25) is 5.02 Å². The molecule has 6 heteroatoms. The monoisotopic (exact) mass is 507 g/mol. The van der Waals surface area contributed by atoms with Gasteiger partial charge in [-0.05, 0) is 86.0 Å². The molecule has 2 heterocycles. The van der Waals surface area contributed by atoms with Crippen LogP contribution in [0.5, 0.6) is 17.2 Å². The van der Waals surface area contributed by atoms with Crippen molar-refractivity contribution in [2.75, 3.05) is 26.4 Å². The van der Waals surface area contributed by atoms with Crippen molar-refractivity contribution < 1.29 is 19.0 Å². The fraction of sp³-hybridized carbons (Fsp3) is 0.333. The summed E-state index contributed by atoms with van der Waals surface area (Å²) in [4.78, 5) is 2.30. The Morgan fingerprint density at radius 3 is 2.67 bits per heavy atom. The molecule has 0 spiro atoms. The molecular weight excluding hydrogens is 477 g/mol. The average molecular weight is 508 g/mol. The lowest BCUT2D eigenvalue weighted by molar-refractivity contribution is 0.165. The van der Waals surface area contributed by atoms with Crippen molar-refractivity contribution in [3.63, 3.8) is 0 Å². The zero-order valence-electron chi connectivity index (χ0n) is 20.6. The first kappa shape index (κ1) is 24.7. The molecule has 2 aliphatic rings. The third kappa shape index (κ3) is 5.09. The van der Waals surface area contributed by atoms with Crippen LogP contribution >= 0.6 is 11.6 Å². The number of hydrogen-bond donors (Lipinski definition) is 1. The molecule has 1 saturated heterocycles. The van der Waals surface area contributed by atoms with Gasteiger partial charge in [-0.3, -0.25) is 9.29 Å². The number of likely N-dealkylation sites (tertiary alicyclic amines) is 1. The van der Waals surface area contributed by atoms with Crippen LogP contribution in [-0.4, -0.2) is 42.4 Å². The van der Waals surface area contributed by atoms with E-state index in [2.05, 4.69) is 18.7 Å². The first-order valence-electron chi connectivity index (χ1n) is 12.4.